The van der Waals surface area contributed by atoms with Crippen LogP contribution in [-0.2, 0) is 19.0 Å². The maximum Gasteiger partial charge on any atom is 0.338 e. The normalized spacial score (nSPS) is 32.4. The molecule has 0 saturated carbocycles. The fourth-order valence-corrected chi connectivity index (χ4v) is 4.03. The maximum atomic E-state index is 12.4. The monoisotopic (exact) mass is 333 g/mol. The first kappa shape index (κ1) is 16.9. The van der Waals surface area contributed by atoms with E-state index in [2.05, 4.69) is 4.90 Å². The predicted molar refractivity (Wildman–Crippen MR) is 86.5 cm³/mol. The molecule has 0 aliphatic carbocycles. The van der Waals surface area contributed by atoms with Gasteiger partial charge in [0.2, 0.25) is 0 Å². The van der Waals surface area contributed by atoms with Gasteiger partial charge < -0.3 is 14.2 Å². The van der Waals surface area contributed by atoms with Gasteiger partial charge in [-0.25, -0.2) is 4.79 Å². The van der Waals surface area contributed by atoms with Crippen molar-refractivity contribution in [2.45, 2.75) is 37.1 Å². The van der Waals surface area contributed by atoms with Crippen molar-refractivity contribution in [2.24, 2.45) is 5.92 Å². The van der Waals surface area contributed by atoms with E-state index < -0.39 is 18.0 Å². The molecule has 2 saturated heterocycles. The summed E-state index contributed by atoms with van der Waals surface area (Å²) in [5, 5.41) is 0. The van der Waals surface area contributed by atoms with E-state index in [0.717, 1.165) is 6.42 Å². The minimum atomic E-state index is -0.545. The van der Waals surface area contributed by atoms with Crippen LogP contribution in [0.5, 0.6) is 0 Å². The molecule has 2 aliphatic rings. The van der Waals surface area contributed by atoms with Crippen molar-refractivity contribution in [1.29, 1.82) is 0 Å². The molecule has 24 heavy (non-hydrogen) atoms. The Balaban J connectivity index is 1.84. The van der Waals surface area contributed by atoms with E-state index in [1.54, 1.807) is 31.4 Å². The van der Waals surface area contributed by atoms with E-state index in [0.29, 0.717) is 12.0 Å². The highest BCUT2D eigenvalue weighted by atomic mass is 16.6. The van der Waals surface area contributed by atoms with Crippen molar-refractivity contribution >= 4 is 11.9 Å². The van der Waals surface area contributed by atoms with E-state index in [-0.39, 0.29) is 24.2 Å². The third-order valence-corrected chi connectivity index (χ3v) is 5.25. The quantitative estimate of drug-likeness (QED) is 0.778. The van der Waals surface area contributed by atoms with Gasteiger partial charge in [0.25, 0.3) is 0 Å². The molecule has 1 aromatic carbocycles. The van der Waals surface area contributed by atoms with Gasteiger partial charge in [-0.2, -0.15) is 0 Å². The molecule has 0 spiro atoms. The molecular weight excluding hydrogens is 310 g/mol. The zero-order valence-electron chi connectivity index (χ0n) is 14.2. The first-order valence-corrected chi connectivity index (χ1v) is 8.15. The zero-order valence-corrected chi connectivity index (χ0v) is 14.2. The summed E-state index contributed by atoms with van der Waals surface area (Å²) in [5.74, 6) is -1.32. The second-order valence-electron chi connectivity index (χ2n) is 6.41. The molecule has 1 aromatic rings. The van der Waals surface area contributed by atoms with Crippen LogP contribution in [-0.4, -0.2) is 62.4 Å². The van der Waals surface area contributed by atoms with Crippen LogP contribution in [0.1, 0.15) is 23.2 Å². The lowest BCUT2D eigenvalue weighted by atomic mass is 9.87. The van der Waals surface area contributed by atoms with Gasteiger partial charge in [-0.3, -0.25) is 9.69 Å². The van der Waals surface area contributed by atoms with Crippen LogP contribution in [0.3, 0.4) is 0 Å². The van der Waals surface area contributed by atoms with Crippen LogP contribution in [0.25, 0.3) is 0 Å². The molecule has 6 nitrogen and oxygen atoms in total. The Morgan fingerprint density at radius 2 is 1.75 bits per heavy atom. The van der Waals surface area contributed by atoms with Crippen LogP contribution < -0.4 is 0 Å². The summed E-state index contributed by atoms with van der Waals surface area (Å²) in [5.41, 5.74) is 0.482. The van der Waals surface area contributed by atoms with Gasteiger partial charge in [-0.15, -0.1) is 0 Å². The SMILES string of the molecule is COC(=O)[C@@H]1[C@@H]2[C@@H](OC)C[C@H](C[C@H]1OC(=O)c1ccccc1)N2C. The summed E-state index contributed by atoms with van der Waals surface area (Å²) in [4.78, 5) is 27.0. The number of carbonyl (C=O) groups is 2. The fraction of sp³-hybridized carbons (Fsp3) is 0.556. The minimum Gasteiger partial charge on any atom is -0.469 e. The molecular formula is C18H23NO5. The summed E-state index contributed by atoms with van der Waals surface area (Å²) in [6, 6.07) is 8.91. The van der Waals surface area contributed by atoms with Crippen LogP contribution in [0.2, 0.25) is 0 Å². The van der Waals surface area contributed by atoms with Crippen molar-refractivity contribution in [1.82, 2.24) is 4.90 Å². The van der Waals surface area contributed by atoms with Gasteiger partial charge in [-0.05, 0) is 25.6 Å². The van der Waals surface area contributed by atoms with E-state index >= 15 is 0 Å². The first-order valence-electron chi connectivity index (χ1n) is 8.15. The van der Waals surface area contributed by atoms with Crippen molar-refractivity contribution in [3.63, 3.8) is 0 Å². The lowest BCUT2D eigenvalue weighted by Crippen LogP contribution is -2.55. The average molecular weight is 333 g/mol. The summed E-state index contributed by atoms with van der Waals surface area (Å²) in [6.07, 6.45) is 0.858. The lowest BCUT2D eigenvalue weighted by molar-refractivity contribution is -0.158. The number of nitrogens with zero attached hydrogens (tertiary/aromatic N) is 1. The highest BCUT2D eigenvalue weighted by molar-refractivity contribution is 5.89. The Kier molecular flexibility index (Phi) is 4.87. The average Bonchev–Trinajstić information content (AvgIpc) is 2.81. The summed E-state index contributed by atoms with van der Waals surface area (Å²) in [6.45, 7) is 0. The Morgan fingerprint density at radius 3 is 2.38 bits per heavy atom. The number of hydrogen-bond donors (Lipinski definition) is 0. The molecule has 0 radical (unpaired) electrons. The van der Waals surface area contributed by atoms with Gasteiger partial charge in [0.1, 0.15) is 12.0 Å². The number of methoxy groups -OCH3 is 2. The molecule has 0 N–H and O–H groups in total. The predicted octanol–water partition coefficient (Wildman–Crippen LogP) is 1.49. The number of hydrogen-bond acceptors (Lipinski definition) is 6. The lowest BCUT2D eigenvalue weighted by Gasteiger charge is -2.41. The van der Waals surface area contributed by atoms with Gasteiger partial charge in [-0.1, -0.05) is 18.2 Å². The van der Waals surface area contributed by atoms with Gasteiger partial charge in [0.05, 0.1) is 24.8 Å². The summed E-state index contributed by atoms with van der Waals surface area (Å²) in [7, 11) is 5.00. The van der Waals surface area contributed by atoms with Crippen LogP contribution in [0, 0.1) is 5.92 Å². The Hall–Kier alpha value is -1.92. The summed E-state index contributed by atoms with van der Waals surface area (Å²) < 4.78 is 16.3. The Labute approximate surface area is 141 Å². The second kappa shape index (κ2) is 6.91. The molecule has 5 atom stereocenters. The van der Waals surface area contributed by atoms with Gasteiger partial charge >= 0.3 is 11.9 Å². The van der Waals surface area contributed by atoms with E-state index in [1.807, 2.05) is 13.1 Å². The maximum absolute atomic E-state index is 12.4. The standard InChI is InChI=1S/C18H23NO5/c1-19-12-9-13(24-17(20)11-7-5-4-6-8-11)15(18(21)23-3)16(19)14(10-12)22-2/h4-8,12-16H,9-10H2,1-3H3/t12-,13+,14-,15-,16-/m0/s1. The van der Waals surface area contributed by atoms with Crippen LogP contribution in [0.4, 0.5) is 0 Å². The van der Waals surface area contributed by atoms with E-state index in [4.69, 9.17) is 14.2 Å². The molecule has 6 heteroatoms. The largest absolute Gasteiger partial charge is 0.469 e. The number of benzene rings is 1. The number of carbonyl (C=O) groups excluding carboxylic acids is 2. The minimum absolute atomic E-state index is 0.0653. The van der Waals surface area contributed by atoms with Crippen molar-refractivity contribution < 1.29 is 23.8 Å². The number of esters is 2. The number of rotatable bonds is 4. The van der Waals surface area contributed by atoms with Crippen LogP contribution >= 0.6 is 0 Å². The molecule has 0 unspecified atom stereocenters. The van der Waals surface area contributed by atoms with Crippen molar-refractivity contribution in [3.05, 3.63) is 35.9 Å². The van der Waals surface area contributed by atoms with E-state index in [9.17, 15) is 9.59 Å². The molecule has 2 aliphatic heterocycles. The van der Waals surface area contributed by atoms with Gasteiger partial charge in [0.15, 0.2) is 0 Å². The molecule has 0 amide bonds. The zero-order chi connectivity index (χ0) is 17.3. The third-order valence-electron chi connectivity index (χ3n) is 5.25. The fourth-order valence-electron chi connectivity index (χ4n) is 4.03. The molecule has 3 rings (SSSR count). The molecule has 2 heterocycles. The Bertz CT molecular complexity index is 605. The summed E-state index contributed by atoms with van der Waals surface area (Å²) >= 11 is 0. The smallest absolute Gasteiger partial charge is 0.338 e. The third kappa shape index (κ3) is 2.91. The molecule has 2 fully saturated rings. The number of fused-ring (bicyclic) bond motifs is 2. The number of likely N-dealkylation sites (N-methyl/N-ethyl adjacent to an activating group) is 1. The second-order valence-corrected chi connectivity index (χ2v) is 6.41. The number of piperidine rings is 1. The molecule has 130 valence electrons. The molecule has 2 bridgehead atoms. The highest BCUT2D eigenvalue weighted by Crippen LogP contribution is 2.41. The topological polar surface area (TPSA) is 65.1 Å². The Morgan fingerprint density at radius 1 is 1.08 bits per heavy atom. The van der Waals surface area contributed by atoms with Crippen molar-refractivity contribution in [2.75, 3.05) is 21.3 Å². The van der Waals surface area contributed by atoms with Crippen LogP contribution in [0.15, 0.2) is 30.3 Å². The number of ether oxygens (including phenoxy) is 3. The van der Waals surface area contributed by atoms with E-state index in [1.165, 1.54) is 7.11 Å². The van der Waals surface area contributed by atoms with Crippen molar-refractivity contribution in [3.8, 4) is 0 Å². The van der Waals surface area contributed by atoms with Gasteiger partial charge in [0, 0.05) is 19.6 Å². The first-order chi connectivity index (χ1) is 11.6. The molecule has 0 aromatic heterocycles. The highest BCUT2D eigenvalue weighted by Gasteiger charge is 2.55.